The molecule has 0 saturated carbocycles. The zero-order valence-corrected chi connectivity index (χ0v) is 9.70. The fraction of sp³-hybridized carbons (Fsp3) is 1.00. The second-order valence-corrected chi connectivity index (χ2v) is 3.79. The topological polar surface area (TPSA) is 47.9 Å². The van der Waals surface area contributed by atoms with E-state index in [-0.39, 0.29) is 0 Å². The minimum atomic E-state index is -0.554. The Bertz CT molecular complexity index is 160. The average Bonchev–Trinajstić information content (AvgIpc) is 2.27. The van der Waals surface area contributed by atoms with Gasteiger partial charge in [-0.2, -0.15) is 0 Å². The van der Waals surface area contributed by atoms with Crippen LogP contribution in [0.3, 0.4) is 0 Å². The summed E-state index contributed by atoms with van der Waals surface area (Å²) in [4.78, 5) is 0. The van der Waals surface area contributed by atoms with Gasteiger partial charge in [0.15, 0.2) is 0 Å². The van der Waals surface area contributed by atoms with Crippen LogP contribution >= 0.6 is 0 Å². The molecule has 1 unspecified atom stereocenters. The highest BCUT2D eigenvalue weighted by Gasteiger charge is 2.40. The first-order valence-corrected chi connectivity index (χ1v) is 5.72. The molecule has 0 aromatic carbocycles. The molecule has 1 saturated heterocycles. The molecule has 0 spiro atoms. The molecule has 1 rings (SSSR count). The lowest BCUT2D eigenvalue weighted by Crippen LogP contribution is -2.51. The monoisotopic (exact) mass is 218 g/mol. The van der Waals surface area contributed by atoms with E-state index in [1.54, 1.807) is 0 Å². The largest absolute Gasteiger partial charge is 0.388 e. The Hall–Kier alpha value is -0.160. The molecule has 1 aliphatic rings. The molecule has 4 heteroatoms. The first-order valence-electron chi connectivity index (χ1n) is 5.72. The lowest BCUT2D eigenvalue weighted by atomic mass is 9.88. The number of ether oxygens (including phenoxy) is 3. The smallest absolute Gasteiger partial charge is 0.106 e. The minimum absolute atomic E-state index is 0.344. The lowest BCUT2D eigenvalue weighted by molar-refractivity contribution is -0.179. The third kappa shape index (κ3) is 3.41. The second-order valence-electron chi connectivity index (χ2n) is 3.79. The van der Waals surface area contributed by atoms with Crippen molar-refractivity contribution < 1.29 is 19.3 Å². The van der Waals surface area contributed by atoms with Crippen LogP contribution in [0.4, 0.5) is 0 Å². The maximum atomic E-state index is 10.1. The van der Waals surface area contributed by atoms with Crippen LogP contribution in [0, 0.1) is 0 Å². The van der Waals surface area contributed by atoms with Crippen LogP contribution in [0.2, 0.25) is 0 Å². The average molecular weight is 218 g/mol. The van der Waals surface area contributed by atoms with Crippen LogP contribution in [-0.2, 0) is 14.2 Å². The summed E-state index contributed by atoms with van der Waals surface area (Å²) in [7, 11) is 0. The van der Waals surface area contributed by atoms with Gasteiger partial charge in [0.2, 0.25) is 0 Å². The standard InChI is InChI=1S/C11H22O4/c1-3-13-9-10(12)11(15-4-2)5-7-14-8-6-11/h10,12H,3-9H2,1-2H3. The van der Waals surface area contributed by atoms with Crippen molar-refractivity contribution in [1.82, 2.24) is 0 Å². The summed E-state index contributed by atoms with van der Waals surface area (Å²) >= 11 is 0. The third-order valence-corrected chi connectivity index (χ3v) is 2.86. The molecule has 4 nitrogen and oxygen atoms in total. The van der Waals surface area contributed by atoms with Crippen LogP contribution in [-0.4, -0.2) is 49.8 Å². The molecule has 1 N–H and O–H groups in total. The molecule has 90 valence electrons. The van der Waals surface area contributed by atoms with Crippen LogP contribution in [0.15, 0.2) is 0 Å². The molecule has 0 bridgehead atoms. The van der Waals surface area contributed by atoms with Gasteiger partial charge in [0.25, 0.3) is 0 Å². The molecule has 15 heavy (non-hydrogen) atoms. The Balaban J connectivity index is 2.53. The van der Waals surface area contributed by atoms with Crippen molar-refractivity contribution in [2.45, 2.75) is 38.4 Å². The number of rotatable bonds is 6. The number of aliphatic hydroxyl groups excluding tert-OH is 1. The highest BCUT2D eigenvalue weighted by molar-refractivity contribution is 4.90. The first-order chi connectivity index (χ1) is 7.25. The van der Waals surface area contributed by atoms with E-state index >= 15 is 0 Å². The Morgan fingerprint density at radius 1 is 1.27 bits per heavy atom. The molecular formula is C11H22O4. The van der Waals surface area contributed by atoms with Crippen LogP contribution in [0.1, 0.15) is 26.7 Å². The molecule has 1 heterocycles. The fourth-order valence-electron chi connectivity index (χ4n) is 1.96. The van der Waals surface area contributed by atoms with E-state index in [2.05, 4.69) is 0 Å². The van der Waals surface area contributed by atoms with Gasteiger partial charge in [0, 0.05) is 39.3 Å². The van der Waals surface area contributed by atoms with Crippen molar-refractivity contribution in [1.29, 1.82) is 0 Å². The predicted octanol–water partition coefficient (Wildman–Crippen LogP) is 0.969. The Morgan fingerprint density at radius 2 is 1.93 bits per heavy atom. The van der Waals surface area contributed by atoms with Crippen molar-refractivity contribution in [3.05, 3.63) is 0 Å². The molecule has 0 aromatic rings. The van der Waals surface area contributed by atoms with E-state index in [1.165, 1.54) is 0 Å². The van der Waals surface area contributed by atoms with Gasteiger partial charge < -0.3 is 19.3 Å². The fourth-order valence-corrected chi connectivity index (χ4v) is 1.96. The van der Waals surface area contributed by atoms with Crippen molar-refractivity contribution in [2.24, 2.45) is 0 Å². The predicted molar refractivity (Wildman–Crippen MR) is 56.9 cm³/mol. The number of hydrogen-bond donors (Lipinski definition) is 1. The quantitative estimate of drug-likeness (QED) is 0.721. The Labute approximate surface area is 91.5 Å². The van der Waals surface area contributed by atoms with Crippen LogP contribution in [0.25, 0.3) is 0 Å². The summed E-state index contributed by atoms with van der Waals surface area (Å²) in [5.41, 5.74) is -0.456. The molecule has 1 aliphatic heterocycles. The molecular weight excluding hydrogens is 196 g/mol. The SMILES string of the molecule is CCOCC(O)C1(OCC)CCOCC1. The zero-order valence-electron chi connectivity index (χ0n) is 9.70. The van der Waals surface area contributed by atoms with Crippen molar-refractivity contribution in [2.75, 3.05) is 33.0 Å². The van der Waals surface area contributed by atoms with Crippen molar-refractivity contribution in [3.63, 3.8) is 0 Å². The maximum absolute atomic E-state index is 10.1. The van der Waals surface area contributed by atoms with Crippen LogP contribution < -0.4 is 0 Å². The van der Waals surface area contributed by atoms with E-state index in [1.807, 2.05) is 13.8 Å². The summed E-state index contributed by atoms with van der Waals surface area (Å²) < 4.78 is 16.3. The van der Waals surface area contributed by atoms with Gasteiger partial charge >= 0.3 is 0 Å². The van der Waals surface area contributed by atoms with Gasteiger partial charge in [-0.3, -0.25) is 0 Å². The minimum Gasteiger partial charge on any atom is -0.388 e. The van der Waals surface area contributed by atoms with Gasteiger partial charge in [-0.1, -0.05) is 0 Å². The van der Waals surface area contributed by atoms with Crippen molar-refractivity contribution in [3.8, 4) is 0 Å². The van der Waals surface area contributed by atoms with E-state index in [0.717, 1.165) is 12.8 Å². The summed E-state index contributed by atoms with van der Waals surface area (Å²) in [5.74, 6) is 0. The van der Waals surface area contributed by atoms with Crippen LogP contribution in [0.5, 0.6) is 0 Å². The highest BCUT2D eigenvalue weighted by Crippen LogP contribution is 2.29. The van der Waals surface area contributed by atoms with Gasteiger partial charge in [0.05, 0.1) is 6.61 Å². The molecule has 0 aliphatic carbocycles. The lowest BCUT2D eigenvalue weighted by Gasteiger charge is -2.40. The summed E-state index contributed by atoms with van der Waals surface area (Å²) in [6.45, 7) is 6.76. The molecule has 1 atom stereocenters. The molecule has 1 fully saturated rings. The maximum Gasteiger partial charge on any atom is 0.106 e. The van der Waals surface area contributed by atoms with E-state index in [4.69, 9.17) is 14.2 Å². The third-order valence-electron chi connectivity index (χ3n) is 2.86. The van der Waals surface area contributed by atoms with Gasteiger partial charge in [-0.15, -0.1) is 0 Å². The van der Waals surface area contributed by atoms with Gasteiger partial charge in [0.1, 0.15) is 11.7 Å². The van der Waals surface area contributed by atoms with Gasteiger partial charge in [-0.05, 0) is 13.8 Å². The zero-order chi connectivity index (χ0) is 11.1. The number of aliphatic hydroxyl groups is 1. The molecule has 0 aromatic heterocycles. The summed E-state index contributed by atoms with van der Waals surface area (Å²) in [6.07, 6.45) is 0.936. The molecule has 0 radical (unpaired) electrons. The molecule has 0 amide bonds. The Morgan fingerprint density at radius 3 is 2.47 bits per heavy atom. The first kappa shape index (κ1) is 12.9. The number of hydrogen-bond acceptors (Lipinski definition) is 4. The van der Waals surface area contributed by atoms with E-state index in [0.29, 0.717) is 33.0 Å². The second kappa shape index (κ2) is 6.43. The summed E-state index contributed by atoms with van der Waals surface area (Å²) in [5, 5.41) is 10.1. The summed E-state index contributed by atoms with van der Waals surface area (Å²) in [6, 6.07) is 0. The van der Waals surface area contributed by atoms with Gasteiger partial charge in [-0.25, -0.2) is 0 Å². The van der Waals surface area contributed by atoms with Crippen molar-refractivity contribution >= 4 is 0 Å². The normalized spacial score (nSPS) is 22.6. The Kier molecular flexibility index (Phi) is 5.53. The van der Waals surface area contributed by atoms with E-state index in [9.17, 15) is 5.11 Å². The van der Waals surface area contributed by atoms with E-state index < -0.39 is 11.7 Å². The highest BCUT2D eigenvalue weighted by atomic mass is 16.5.